The molecule has 0 spiro atoms. The standard InChI is InChI=1S/C19H26BrN3O2/c1-12-8-13(2)11-23(10-12)19(25)15-9-14(20)5-6-16(15)22-18(24)17-4-3-7-21-17/h5-6,9,12-13,17,21H,3-4,7-8,10-11H2,1-2H3,(H,22,24)/t12-,13+,17?. The van der Waals surface area contributed by atoms with E-state index < -0.39 is 0 Å². The van der Waals surface area contributed by atoms with E-state index in [2.05, 4.69) is 40.4 Å². The molecule has 2 amide bonds. The molecule has 6 heteroatoms. The quantitative estimate of drug-likeness (QED) is 0.807. The molecule has 2 saturated heterocycles. The maximum absolute atomic E-state index is 13.1. The second-order valence-electron chi connectivity index (χ2n) is 7.48. The number of nitrogens with zero attached hydrogens (tertiary/aromatic N) is 1. The van der Waals surface area contributed by atoms with Crippen molar-refractivity contribution in [3.63, 3.8) is 0 Å². The Labute approximate surface area is 157 Å². The topological polar surface area (TPSA) is 61.4 Å². The number of halogens is 1. The van der Waals surface area contributed by atoms with Crippen molar-refractivity contribution in [1.82, 2.24) is 10.2 Å². The average Bonchev–Trinajstić information content (AvgIpc) is 3.09. The summed E-state index contributed by atoms with van der Waals surface area (Å²) < 4.78 is 0.839. The minimum absolute atomic E-state index is 0.00520. The van der Waals surface area contributed by atoms with Crippen LogP contribution in [0.3, 0.4) is 0 Å². The van der Waals surface area contributed by atoms with Gasteiger partial charge in [-0.05, 0) is 55.8 Å². The number of benzene rings is 1. The summed E-state index contributed by atoms with van der Waals surface area (Å²) in [5, 5.41) is 6.15. The fraction of sp³-hybridized carbons (Fsp3) is 0.579. The lowest BCUT2D eigenvalue weighted by Gasteiger charge is -2.35. The number of carbonyl (C=O) groups excluding carboxylic acids is 2. The maximum Gasteiger partial charge on any atom is 0.256 e. The van der Waals surface area contributed by atoms with Crippen LogP contribution in [-0.4, -0.2) is 42.4 Å². The van der Waals surface area contributed by atoms with Crippen LogP contribution >= 0.6 is 15.9 Å². The SMILES string of the molecule is C[C@@H]1C[C@H](C)CN(C(=O)c2cc(Br)ccc2NC(=O)C2CCCN2)C1. The van der Waals surface area contributed by atoms with Gasteiger partial charge in [0.05, 0.1) is 17.3 Å². The fourth-order valence-corrected chi connectivity index (χ4v) is 4.29. The second-order valence-corrected chi connectivity index (χ2v) is 8.40. The van der Waals surface area contributed by atoms with E-state index in [1.807, 2.05) is 17.0 Å². The number of carbonyl (C=O) groups is 2. The van der Waals surface area contributed by atoms with E-state index in [1.54, 1.807) is 6.07 Å². The Morgan fingerprint density at radius 3 is 2.60 bits per heavy atom. The van der Waals surface area contributed by atoms with Crippen LogP contribution in [0.5, 0.6) is 0 Å². The van der Waals surface area contributed by atoms with Crippen LogP contribution in [0, 0.1) is 11.8 Å². The molecule has 0 saturated carbocycles. The van der Waals surface area contributed by atoms with Crippen LogP contribution < -0.4 is 10.6 Å². The van der Waals surface area contributed by atoms with Gasteiger partial charge < -0.3 is 15.5 Å². The van der Waals surface area contributed by atoms with Crippen LogP contribution in [0.4, 0.5) is 5.69 Å². The lowest BCUT2D eigenvalue weighted by Crippen LogP contribution is -2.43. The summed E-state index contributed by atoms with van der Waals surface area (Å²) in [6.07, 6.45) is 3.00. The van der Waals surface area contributed by atoms with Crippen LogP contribution in [-0.2, 0) is 4.79 Å². The molecule has 5 nitrogen and oxygen atoms in total. The van der Waals surface area contributed by atoms with Gasteiger partial charge in [0, 0.05) is 17.6 Å². The predicted molar refractivity (Wildman–Crippen MR) is 103 cm³/mol. The van der Waals surface area contributed by atoms with E-state index >= 15 is 0 Å². The molecule has 1 aromatic carbocycles. The molecule has 3 rings (SSSR count). The lowest BCUT2D eigenvalue weighted by atomic mass is 9.91. The fourth-order valence-electron chi connectivity index (χ4n) is 3.93. The Morgan fingerprint density at radius 2 is 1.96 bits per heavy atom. The zero-order valence-electron chi connectivity index (χ0n) is 14.8. The summed E-state index contributed by atoms with van der Waals surface area (Å²) in [5.41, 5.74) is 1.15. The van der Waals surface area contributed by atoms with Gasteiger partial charge in [-0.2, -0.15) is 0 Å². The predicted octanol–water partition coefficient (Wildman–Crippen LogP) is 3.26. The first-order valence-electron chi connectivity index (χ1n) is 9.07. The van der Waals surface area contributed by atoms with Gasteiger partial charge in [0.1, 0.15) is 0 Å². The molecule has 2 N–H and O–H groups in total. The first-order chi connectivity index (χ1) is 11.9. The zero-order chi connectivity index (χ0) is 18.0. The smallest absolute Gasteiger partial charge is 0.256 e. The van der Waals surface area contributed by atoms with E-state index in [0.29, 0.717) is 23.1 Å². The van der Waals surface area contributed by atoms with E-state index in [9.17, 15) is 9.59 Å². The first-order valence-corrected chi connectivity index (χ1v) is 9.86. The molecule has 1 unspecified atom stereocenters. The first kappa shape index (κ1) is 18.4. The van der Waals surface area contributed by atoms with Gasteiger partial charge in [-0.15, -0.1) is 0 Å². The summed E-state index contributed by atoms with van der Waals surface area (Å²) >= 11 is 3.45. The Kier molecular flexibility index (Phi) is 5.79. The minimum atomic E-state index is -0.165. The number of nitrogens with one attached hydrogen (secondary N) is 2. The van der Waals surface area contributed by atoms with Gasteiger partial charge in [-0.1, -0.05) is 29.8 Å². The molecule has 2 fully saturated rings. The largest absolute Gasteiger partial charge is 0.338 e. The number of piperidine rings is 1. The number of rotatable bonds is 3. The van der Waals surface area contributed by atoms with Gasteiger partial charge in [0.15, 0.2) is 0 Å². The molecular weight excluding hydrogens is 382 g/mol. The highest BCUT2D eigenvalue weighted by Crippen LogP contribution is 2.27. The van der Waals surface area contributed by atoms with Crippen molar-refractivity contribution in [2.45, 2.75) is 39.2 Å². The van der Waals surface area contributed by atoms with E-state index in [4.69, 9.17) is 0 Å². The average molecular weight is 408 g/mol. The highest BCUT2D eigenvalue weighted by Gasteiger charge is 2.29. The highest BCUT2D eigenvalue weighted by atomic mass is 79.9. The zero-order valence-corrected chi connectivity index (χ0v) is 16.4. The van der Waals surface area contributed by atoms with Gasteiger partial charge in [-0.25, -0.2) is 0 Å². The monoisotopic (exact) mass is 407 g/mol. The molecule has 2 heterocycles. The summed E-state index contributed by atoms with van der Waals surface area (Å²) in [5.74, 6) is 0.935. The Balaban J connectivity index is 1.80. The molecule has 0 bridgehead atoms. The van der Waals surface area contributed by atoms with Crippen molar-refractivity contribution in [2.75, 3.05) is 25.0 Å². The third-order valence-corrected chi connectivity index (χ3v) is 5.50. The molecule has 3 atom stereocenters. The Bertz CT molecular complexity index is 648. The Morgan fingerprint density at radius 1 is 1.24 bits per heavy atom. The maximum atomic E-state index is 13.1. The van der Waals surface area contributed by atoms with Gasteiger partial charge >= 0.3 is 0 Å². The van der Waals surface area contributed by atoms with Crippen LogP contribution in [0.15, 0.2) is 22.7 Å². The second kappa shape index (κ2) is 7.87. The molecule has 0 aliphatic carbocycles. The number of anilines is 1. The van der Waals surface area contributed by atoms with Crippen molar-refractivity contribution < 1.29 is 9.59 Å². The molecule has 136 valence electrons. The van der Waals surface area contributed by atoms with E-state index in [-0.39, 0.29) is 17.9 Å². The third kappa shape index (κ3) is 4.42. The molecule has 2 aliphatic rings. The van der Waals surface area contributed by atoms with Gasteiger partial charge in [0.25, 0.3) is 5.91 Å². The summed E-state index contributed by atoms with van der Waals surface area (Å²) in [4.78, 5) is 27.5. The van der Waals surface area contributed by atoms with E-state index in [0.717, 1.165) is 43.4 Å². The van der Waals surface area contributed by atoms with Gasteiger partial charge in [-0.3, -0.25) is 9.59 Å². The van der Waals surface area contributed by atoms with Crippen LogP contribution in [0.2, 0.25) is 0 Å². The minimum Gasteiger partial charge on any atom is -0.338 e. The molecule has 2 aliphatic heterocycles. The van der Waals surface area contributed by atoms with Crippen molar-refractivity contribution in [3.8, 4) is 0 Å². The number of likely N-dealkylation sites (tertiary alicyclic amines) is 1. The molecule has 25 heavy (non-hydrogen) atoms. The summed E-state index contributed by atoms with van der Waals surface area (Å²) in [6.45, 7) is 6.78. The third-order valence-electron chi connectivity index (χ3n) is 5.00. The number of hydrogen-bond donors (Lipinski definition) is 2. The molecule has 1 aromatic rings. The van der Waals surface area contributed by atoms with Crippen molar-refractivity contribution >= 4 is 33.4 Å². The van der Waals surface area contributed by atoms with Crippen LogP contribution in [0.25, 0.3) is 0 Å². The molecular formula is C19H26BrN3O2. The van der Waals surface area contributed by atoms with Gasteiger partial charge in [0.2, 0.25) is 5.91 Å². The lowest BCUT2D eigenvalue weighted by molar-refractivity contribution is -0.117. The summed E-state index contributed by atoms with van der Waals surface area (Å²) in [6, 6.07) is 5.31. The van der Waals surface area contributed by atoms with Crippen LogP contribution in [0.1, 0.15) is 43.5 Å². The number of hydrogen-bond acceptors (Lipinski definition) is 3. The van der Waals surface area contributed by atoms with Crippen molar-refractivity contribution in [2.24, 2.45) is 11.8 Å². The number of amides is 2. The summed E-state index contributed by atoms with van der Waals surface area (Å²) in [7, 11) is 0. The highest BCUT2D eigenvalue weighted by molar-refractivity contribution is 9.10. The van der Waals surface area contributed by atoms with Crippen molar-refractivity contribution in [1.29, 1.82) is 0 Å². The Hall–Kier alpha value is -1.40. The van der Waals surface area contributed by atoms with E-state index in [1.165, 1.54) is 0 Å². The molecule has 0 aromatic heterocycles. The molecule has 0 radical (unpaired) electrons. The normalized spacial score (nSPS) is 26.5. The van der Waals surface area contributed by atoms with Crippen molar-refractivity contribution in [3.05, 3.63) is 28.2 Å².